The Bertz CT molecular complexity index is 588. The fourth-order valence-electron chi connectivity index (χ4n) is 1.35. The summed E-state index contributed by atoms with van der Waals surface area (Å²) in [4.78, 5) is -1.10. The molecule has 1 rings (SSSR count). The van der Waals surface area contributed by atoms with Gasteiger partial charge in [0, 0.05) is 6.54 Å². The maximum absolute atomic E-state index is 13.1. The highest BCUT2D eigenvalue weighted by molar-refractivity contribution is 7.92. The Labute approximate surface area is 114 Å². The summed E-state index contributed by atoms with van der Waals surface area (Å²) >= 11 is 0. The van der Waals surface area contributed by atoms with Crippen molar-refractivity contribution in [2.75, 3.05) is 11.9 Å². The van der Waals surface area contributed by atoms with Crippen LogP contribution >= 0.6 is 0 Å². The number of alkyl halides is 3. The molecule has 0 aliphatic rings. The molecule has 0 aliphatic heterocycles. The number of hydrogen-bond donors (Lipinski definition) is 1. The predicted molar refractivity (Wildman–Crippen MR) is 67.6 cm³/mol. The molecule has 1 aromatic rings. The van der Waals surface area contributed by atoms with Gasteiger partial charge in [-0.3, -0.25) is 0 Å². The molecule has 0 spiro atoms. The van der Waals surface area contributed by atoms with Crippen molar-refractivity contribution in [3.63, 3.8) is 0 Å². The fraction of sp³-hybridized carbons (Fsp3) is 0.500. The second kappa shape index (κ2) is 5.23. The van der Waals surface area contributed by atoms with E-state index in [-0.39, 0.29) is 17.6 Å². The second-order valence-electron chi connectivity index (χ2n) is 5.50. The van der Waals surface area contributed by atoms with E-state index in [4.69, 9.17) is 0 Å². The average molecular weight is 313 g/mol. The molecule has 3 nitrogen and oxygen atoms in total. The van der Waals surface area contributed by atoms with Crippen molar-refractivity contribution >= 4 is 15.5 Å². The Morgan fingerprint density at radius 1 is 1.15 bits per heavy atom. The molecule has 0 saturated carbocycles. The number of nitrogens with one attached hydrogen (secondary N) is 1. The largest absolute Gasteiger partial charge is 0.501 e. The van der Waals surface area contributed by atoms with E-state index in [0.29, 0.717) is 6.07 Å². The van der Waals surface area contributed by atoms with Crippen LogP contribution in [0.4, 0.5) is 23.2 Å². The van der Waals surface area contributed by atoms with Gasteiger partial charge in [0.25, 0.3) is 9.84 Å². The van der Waals surface area contributed by atoms with Crippen LogP contribution in [-0.4, -0.2) is 20.5 Å². The third-order valence-electron chi connectivity index (χ3n) is 2.35. The monoisotopic (exact) mass is 313 g/mol. The fourth-order valence-corrected chi connectivity index (χ4v) is 2.30. The van der Waals surface area contributed by atoms with Crippen molar-refractivity contribution in [1.82, 2.24) is 0 Å². The molecule has 1 aromatic carbocycles. The molecular weight excluding hydrogens is 298 g/mol. The number of benzene rings is 1. The van der Waals surface area contributed by atoms with Gasteiger partial charge < -0.3 is 5.32 Å². The minimum Gasteiger partial charge on any atom is -0.383 e. The minimum absolute atomic E-state index is 0.235. The zero-order valence-electron chi connectivity index (χ0n) is 11.2. The highest BCUT2D eigenvalue weighted by Crippen LogP contribution is 2.35. The molecule has 0 saturated heterocycles. The van der Waals surface area contributed by atoms with E-state index in [2.05, 4.69) is 5.32 Å². The molecule has 0 heterocycles. The van der Waals surface area contributed by atoms with Gasteiger partial charge in [-0.2, -0.15) is 13.2 Å². The number of rotatable bonds is 3. The molecule has 0 atom stereocenters. The number of sulfone groups is 1. The van der Waals surface area contributed by atoms with Crippen LogP contribution in [0.25, 0.3) is 0 Å². The SMILES string of the molecule is CC(C)(C)CNc1ccc(F)cc1S(=O)(=O)C(F)(F)F. The first-order chi connectivity index (χ1) is 8.84. The van der Waals surface area contributed by atoms with Crippen LogP contribution in [-0.2, 0) is 9.84 Å². The molecule has 0 radical (unpaired) electrons. The van der Waals surface area contributed by atoms with Crippen LogP contribution in [0.2, 0.25) is 0 Å². The number of hydrogen-bond acceptors (Lipinski definition) is 3. The second-order valence-corrected chi connectivity index (χ2v) is 7.41. The Morgan fingerprint density at radius 3 is 2.15 bits per heavy atom. The van der Waals surface area contributed by atoms with Crippen molar-refractivity contribution in [3.05, 3.63) is 24.0 Å². The maximum Gasteiger partial charge on any atom is 0.501 e. The quantitative estimate of drug-likeness (QED) is 0.868. The Hall–Kier alpha value is -1.31. The van der Waals surface area contributed by atoms with Crippen LogP contribution in [0.5, 0.6) is 0 Å². The van der Waals surface area contributed by atoms with Gasteiger partial charge in [0.15, 0.2) is 0 Å². The lowest BCUT2D eigenvalue weighted by atomic mass is 9.97. The summed E-state index contributed by atoms with van der Waals surface area (Å²) in [6.07, 6.45) is 0. The van der Waals surface area contributed by atoms with Gasteiger partial charge in [-0.25, -0.2) is 12.8 Å². The normalized spacial score (nSPS) is 13.3. The molecular formula is C12H15F4NO2S. The van der Waals surface area contributed by atoms with Crippen LogP contribution in [0.15, 0.2) is 23.1 Å². The molecule has 0 unspecified atom stereocenters. The van der Waals surface area contributed by atoms with Crippen molar-refractivity contribution in [3.8, 4) is 0 Å². The van der Waals surface area contributed by atoms with Crippen molar-refractivity contribution in [2.45, 2.75) is 31.2 Å². The molecule has 0 amide bonds. The lowest BCUT2D eigenvalue weighted by Crippen LogP contribution is -2.26. The average Bonchev–Trinajstić information content (AvgIpc) is 2.24. The Morgan fingerprint density at radius 2 is 1.70 bits per heavy atom. The van der Waals surface area contributed by atoms with E-state index in [0.717, 1.165) is 12.1 Å². The smallest absolute Gasteiger partial charge is 0.383 e. The van der Waals surface area contributed by atoms with Gasteiger partial charge in [0.05, 0.1) is 5.69 Å². The van der Waals surface area contributed by atoms with Crippen LogP contribution in [0, 0.1) is 11.2 Å². The zero-order valence-corrected chi connectivity index (χ0v) is 12.0. The number of halogens is 4. The highest BCUT2D eigenvalue weighted by Gasteiger charge is 2.48. The molecule has 8 heteroatoms. The maximum atomic E-state index is 13.1. The first-order valence-corrected chi connectivity index (χ1v) is 7.18. The van der Waals surface area contributed by atoms with Crippen molar-refractivity contribution in [1.29, 1.82) is 0 Å². The molecule has 20 heavy (non-hydrogen) atoms. The summed E-state index contributed by atoms with van der Waals surface area (Å²) in [6.45, 7) is 5.70. The van der Waals surface area contributed by atoms with Gasteiger partial charge in [-0.15, -0.1) is 0 Å². The van der Waals surface area contributed by atoms with E-state index in [1.54, 1.807) is 0 Å². The van der Waals surface area contributed by atoms with Crippen LogP contribution in [0.1, 0.15) is 20.8 Å². The highest BCUT2D eigenvalue weighted by atomic mass is 32.2. The summed E-state index contributed by atoms with van der Waals surface area (Å²) in [7, 11) is -5.60. The zero-order chi connectivity index (χ0) is 15.8. The summed E-state index contributed by atoms with van der Waals surface area (Å²) in [5.74, 6) is -1.05. The summed E-state index contributed by atoms with van der Waals surface area (Å²) in [5.41, 5.74) is -6.02. The van der Waals surface area contributed by atoms with E-state index in [1.807, 2.05) is 20.8 Å². The Kier molecular flexibility index (Phi) is 4.38. The lowest BCUT2D eigenvalue weighted by Gasteiger charge is -2.21. The van der Waals surface area contributed by atoms with E-state index >= 15 is 0 Å². The van der Waals surface area contributed by atoms with Gasteiger partial charge in [0.1, 0.15) is 10.7 Å². The lowest BCUT2D eigenvalue weighted by molar-refractivity contribution is -0.0435. The van der Waals surface area contributed by atoms with Gasteiger partial charge in [-0.05, 0) is 23.6 Å². The predicted octanol–water partition coefficient (Wildman–Crippen LogP) is 3.58. The molecule has 114 valence electrons. The topological polar surface area (TPSA) is 46.2 Å². The first-order valence-electron chi connectivity index (χ1n) is 5.69. The van der Waals surface area contributed by atoms with Crippen LogP contribution < -0.4 is 5.32 Å². The minimum atomic E-state index is -5.60. The van der Waals surface area contributed by atoms with Gasteiger partial charge >= 0.3 is 5.51 Å². The molecule has 0 aromatic heterocycles. The Balaban J connectivity index is 3.29. The van der Waals surface area contributed by atoms with E-state index in [1.165, 1.54) is 0 Å². The van der Waals surface area contributed by atoms with Gasteiger partial charge in [0.2, 0.25) is 0 Å². The summed E-state index contributed by atoms with van der Waals surface area (Å²) in [6, 6.07) is 2.26. The van der Waals surface area contributed by atoms with Crippen LogP contribution in [0.3, 0.4) is 0 Å². The number of anilines is 1. The first kappa shape index (κ1) is 16.7. The molecule has 0 fully saturated rings. The third-order valence-corrected chi connectivity index (χ3v) is 3.87. The summed E-state index contributed by atoms with van der Waals surface area (Å²) in [5, 5.41) is 2.61. The van der Waals surface area contributed by atoms with Crippen molar-refractivity contribution in [2.24, 2.45) is 5.41 Å². The molecule has 0 bridgehead atoms. The van der Waals surface area contributed by atoms with E-state index in [9.17, 15) is 26.0 Å². The van der Waals surface area contributed by atoms with E-state index < -0.39 is 26.1 Å². The third kappa shape index (κ3) is 3.84. The standard InChI is InChI=1S/C12H15F4NO2S/c1-11(2,3)7-17-9-5-4-8(13)6-10(9)20(18,19)12(14,15)16/h4-6,17H,7H2,1-3H3. The molecule has 1 N–H and O–H groups in total. The molecule has 0 aliphatic carbocycles. The van der Waals surface area contributed by atoms with Crippen molar-refractivity contribution < 1.29 is 26.0 Å². The summed E-state index contributed by atoms with van der Waals surface area (Å²) < 4.78 is 73.6. The van der Waals surface area contributed by atoms with Gasteiger partial charge in [-0.1, -0.05) is 20.8 Å².